The maximum Gasteiger partial charge on any atom is 0.308 e. The first kappa shape index (κ1) is 13.0. The van der Waals surface area contributed by atoms with Gasteiger partial charge < -0.3 is 5.11 Å². The van der Waals surface area contributed by atoms with Crippen molar-refractivity contribution in [3.05, 3.63) is 0 Å². The minimum atomic E-state index is -0.745. The van der Waals surface area contributed by atoms with Crippen LogP contribution in [-0.4, -0.2) is 11.1 Å². The molecular formula is C12H20O2. The Hall–Kier alpha value is -0.970. The van der Waals surface area contributed by atoms with Gasteiger partial charge in [-0.2, -0.15) is 0 Å². The van der Waals surface area contributed by atoms with E-state index >= 15 is 0 Å². The predicted molar refractivity (Wildman–Crippen MR) is 57.7 cm³/mol. The fraction of sp³-hybridized carbons (Fsp3) is 0.750. The first-order valence-electron chi connectivity index (χ1n) is 5.10. The number of rotatable bonds is 3. The fourth-order valence-electron chi connectivity index (χ4n) is 1.46. The SMILES string of the molecule is CC(C)C#CC(C)C(C(=O)O)C(C)C. The summed E-state index contributed by atoms with van der Waals surface area (Å²) in [5.41, 5.74) is 0. The van der Waals surface area contributed by atoms with Crippen LogP contribution in [0.25, 0.3) is 0 Å². The van der Waals surface area contributed by atoms with Crippen molar-refractivity contribution in [3.63, 3.8) is 0 Å². The van der Waals surface area contributed by atoms with Crippen LogP contribution in [0.2, 0.25) is 0 Å². The van der Waals surface area contributed by atoms with Gasteiger partial charge in [0.05, 0.1) is 5.92 Å². The van der Waals surface area contributed by atoms with Gasteiger partial charge in [-0.3, -0.25) is 4.79 Å². The van der Waals surface area contributed by atoms with Gasteiger partial charge in [0.25, 0.3) is 0 Å². The van der Waals surface area contributed by atoms with E-state index in [4.69, 9.17) is 5.11 Å². The zero-order valence-corrected chi connectivity index (χ0v) is 9.66. The van der Waals surface area contributed by atoms with Gasteiger partial charge in [-0.15, -0.1) is 5.92 Å². The number of aliphatic carboxylic acids is 1. The molecule has 0 heterocycles. The number of carboxylic acid groups (broad SMARTS) is 1. The van der Waals surface area contributed by atoms with Crippen molar-refractivity contribution in [1.82, 2.24) is 0 Å². The topological polar surface area (TPSA) is 37.3 Å². The summed E-state index contributed by atoms with van der Waals surface area (Å²) < 4.78 is 0. The number of carbonyl (C=O) groups is 1. The summed E-state index contributed by atoms with van der Waals surface area (Å²) >= 11 is 0. The van der Waals surface area contributed by atoms with Crippen molar-refractivity contribution in [1.29, 1.82) is 0 Å². The molecule has 0 saturated carbocycles. The van der Waals surface area contributed by atoms with Crippen molar-refractivity contribution in [2.45, 2.75) is 34.6 Å². The van der Waals surface area contributed by atoms with Gasteiger partial charge >= 0.3 is 5.97 Å². The summed E-state index contributed by atoms with van der Waals surface area (Å²) in [7, 11) is 0. The Bertz CT molecular complexity index is 243. The van der Waals surface area contributed by atoms with Crippen LogP contribution in [0.5, 0.6) is 0 Å². The highest BCUT2D eigenvalue weighted by atomic mass is 16.4. The van der Waals surface area contributed by atoms with Gasteiger partial charge in [0.15, 0.2) is 0 Å². The van der Waals surface area contributed by atoms with Crippen LogP contribution in [0.3, 0.4) is 0 Å². The number of hydrogen-bond acceptors (Lipinski definition) is 1. The highest BCUT2D eigenvalue weighted by Crippen LogP contribution is 2.20. The lowest BCUT2D eigenvalue weighted by Gasteiger charge is -2.19. The summed E-state index contributed by atoms with van der Waals surface area (Å²) in [6, 6.07) is 0. The minimum Gasteiger partial charge on any atom is -0.481 e. The van der Waals surface area contributed by atoms with Crippen molar-refractivity contribution >= 4 is 5.97 Å². The molecule has 1 N–H and O–H groups in total. The minimum absolute atomic E-state index is 0.0742. The van der Waals surface area contributed by atoms with Crippen molar-refractivity contribution < 1.29 is 9.90 Å². The Kier molecular flexibility index (Phi) is 5.30. The molecule has 0 aliphatic heterocycles. The Morgan fingerprint density at radius 1 is 1.07 bits per heavy atom. The van der Waals surface area contributed by atoms with Crippen LogP contribution in [0.4, 0.5) is 0 Å². The third kappa shape index (κ3) is 4.32. The van der Waals surface area contributed by atoms with E-state index in [-0.39, 0.29) is 17.8 Å². The molecule has 0 aromatic heterocycles. The van der Waals surface area contributed by atoms with Crippen LogP contribution in [0, 0.1) is 35.5 Å². The molecule has 2 heteroatoms. The molecule has 0 amide bonds. The molecule has 0 bridgehead atoms. The fourth-order valence-corrected chi connectivity index (χ4v) is 1.46. The summed E-state index contributed by atoms with van der Waals surface area (Å²) in [4.78, 5) is 11.0. The third-order valence-electron chi connectivity index (χ3n) is 2.14. The second kappa shape index (κ2) is 5.70. The van der Waals surface area contributed by atoms with E-state index in [9.17, 15) is 4.79 Å². The molecule has 0 radical (unpaired) electrons. The van der Waals surface area contributed by atoms with Gasteiger partial charge in [-0.1, -0.05) is 40.5 Å². The molecule has 0 fully saturated rings. The molecule has 2 atom stereocenters. The Balaban J connectivity index is 4.55. The number of hydrogen-bond donors (Lipinski definition) is 1. The summed E-state index contributed by atoms with van der Waals surface area (Å²) in [5, 5.41) is 9.01. The lowest BCUT2D eigenvalue weighted by atomic mass is 9.85. The van der Waals surface area contributed by atoms with Crippen LogP contribution in [0.1, 0.15) is 34.6 Å². The normalized spacial score (nSPS) is 14.8. The molecular weight excluding hydrogens is 176 g/mol. The predicted octanol–water partition coefficient (Wildman–Crippen LogP) is 2.64. The van der Waals surface area contributed by atoms with E-state index in [0.29, 0.717) is 5.92 Å². The summed E-state index contributed by atoms with van der Waals surface area (Å²) in [5.74, 6) is 5.29. The molecule has 80 valence electrons. The van der Waals surface area contributed by atoms with Crippen LogP contribution >= 0.6 is 0 Å². The highest BCUT2D eigenvalue weighted by molar-refractivity contribution is 5.71. The van der Waals surface area contributed by atoms with Crippen LogP contribution in [0.15, 0.2) is 0 Å². The van der Waals surface area contributed by atoms with Gasteiger partial charge in [0.1, 0.15) is 0 Å². The quantitative estimate of drug-likeness (QED) is 0.704. The van der Waals surface area contributed by atoms with E-state index in [1.807, 2.05) is 34.6 Å². The summed E-state index contributed by atoms with van der Waals surface area (Å²) in [6.07, 6.45) is 0. The van der Waals surface area contributed by atoms with E-state index in [0.717, 1.165) is 0 Å². The average molecular weight is 196 g/mol. The lowest BCUT2D eigenvalue weighted by molar-refractivity contribution is -0.144. The zero-order chi connectivity index (χ0) is 11.3. The van der Waals surface area contributed by atoms with E-state index < -0.39 is 5.97 Å². The van der Waals surface area contributed by atoms with Crippen molar-refractivity contribution in [3.8, 4) is 11.8 Å². The van der Waals surface area contributed by atoms with E-state index in [1.54, 1.807) is 0 Å². The molecule has 0 aromatic carbocycles. The van der Waals surface area contributed by atoms with Gasteiger partial charge in [0.2, 0.25) is 0 Å². The second-order valence-corrected chi connectivity index (χ2v) is 4.34. The molecule has 0 rings (SSSR count). The highest BCUT2D eigenvalue weighted by Gasteiger charge is 2.26. The monoisotopic (exact) mass is 196 g/mol. The maximum absolute atomic E-state index is 11.0. The first-order valence-corrected chi connectivity index (χ1v) is 5.10. The molecule has 0 spiro atoms. The zero-order valence-electron chi connectivity index (χ0n) is 9.66. The van der Waals surface area contributed by atoms with Crippen LogP contribution < -0.4 is 0 Å². The Morgan fingerprint density at radius 3 is 1.86 bits per heavy atom. The molecule has 2 unspecified atom stereocenters. The smallest absolute Gasteiger partial charge is 0.308 e. The van der Waals surface area contributed by atoms with E-state index in [2.05, 4.69) is 11.8 Å². The van der Waals surface area contributed by atoms with Gasteiger partial charge in [-0.25, -0.2) is 0 Å². The molecule has 0 aliphatic rings. The average Bonchev–Trinajstić information content (AvgIpc) is 1.99. The third-order valence-corrected chi connectivity index (χ3v) is 2.14. The number of carboxylic acids is 1. The Morgan fingerprint density at radius 2 is 1.57 bits per heavy atom. The van der Waals surface area contributed by atoms with Crippen molar-refractivity contribution in [2.24, 2.45) is 23.7 Å². The Labute approximate surface area is 86.7 Å². The lowest BCUT2D eigenvalue weighted by Crippen LogP contribution is -2.25. The molecule has 0 saturated heterocycles. The standard InChI is InChI=1S/C12H20O2/c1-8(2)6-7-10(5)11(9(3)4)12(13)14/h8-11H,1-5H3,(H,13,14). The van der Waals surface area contributed by atoms with Gasteiger partial charge in [-0.05, 0) is 5.92 Å². The summed E-state index contributed by atoms with van der Waals surface area (Å²) in [6.45, 7) is 9.74. The van der Waals surface area contributed by atoms with E-state index in [1.165, 1.54) is 0 Å². The largest absolute Gasteiger partial charge is 0.481 e. The van der Waals surface area contributed by atoms with Crippen LogP contribution in [-0.2, 0) is 4.79 Å². The first-order chi connectivity index (χ1) is 6.36. The second-order valence-electron chi connectivity index (χ2n) is 4.34. The molecule has 0 aliphatic carbocycles. The maximum atomic E-state index is 11.0. The van der Waals surface area contributed by atoms with Gasteiger partial charge in [0, 0.05) is 11.8 Å². The van der Waals surface area contributed by atoms with Crippen molar-refractivity contribution in [2.75, 3.05) is 0 Å². The molecule has 14 heavy (non-hydrogen) atoms. The molecule has 0 aromatic rings. The molecule has 2 nitrogen and oxygen atoms in total.